The van der Waals surface area contributed by atoms with E-state index in [0.717, 1.165) is 0 Å². The van der Waals surface area contributed by atoms with E-state index in [2.05, 4.69) is 21.7 Å². The fraction of sp³-hybridized carbons (Fsp3) is 0. The molecule has 2 rings (SSSR count). The third-order valence-corrected chi connectivity index (χ3v) is 3.14. The summed E-state index contributed by atoms with van der Waals surface area (Å²) in [7, 11) is 0. The lowest BCUT2D eigenvalue weighted by molar-refractivity contribution is -0.445. The molecule has 1 radical (unpaired) electrons. The number of carboxylic acid groups (broad SMARTS) is 1. The second kappa shape index (κ2) is 4.16. The molecule has 1 aromatic rings. The van der Waals surface area contributed by atoms with Gasteiger partial charge in [0.15, 0.2) is 0 Å². The van der Waals surface area contributed by atoms with Crippen molar-refractivity contribution in [3.05, 3.63) is 56.4 Å². The standard InChI is InChI=1S/C11H5BrNO4/c12-10-7-2-1-3-8(11(14)15)6(7)4-5-9(10)13(16)17/h1-3,5H,(H,14,15). The van der Waals surface area contributed by atoms with E-state index in [4.69, 9.17) is 5.11 Å². The van der Waals surface area contributed by atoms with Gasteiger partial charge in [0.1, 0.15) is 0 Å². The highest BCUT2D eigenvalue weighted by molar-refractivity contribution is 9.15. The summed E-state index contributed by atoms with van der Waals surface area (Å²) in [5.74, 6) is -1.09. The summed E-state index contributed by atoms with van der Waals surface area (Å²) in [6.45, 7) is 0. The predicted molar refractivity (Wildman–Crippen MR) is 63.2 cm³/mol. The molecule has 1 aromatic carbocycles. The molecule has 0 fully saturated rings. The lowest BCUT2D eigenvalue weighted by atomic mass is 10.1. The van der Waals surface area contributed by atoms with Crippen LogP contribution >= 0.6 is 15.9 Å². The predicted octanol–water partition coefficient (Wildman–Crippen LogP) is 0.646. The summed E-state index contributed by atoms with van der Waals surface area (Å²) >= 11 is 3.11. The van der Waals surface area contributed by atoms with Crippen molar-refractivity contribution in [1.82, 2.24) is 0 Å². The van der Waals surface area contributed by atoms with Gasteiger partial charge in [-0.3, -0.25) is 10.1 Å². The molecule has 85 valence electrons. The Kier molecular flexibility index (Phi) is 2.83. The van der Waals surface area contributed by atoms with Crippen LogP contribution in [-0.2, 0) is 0 Å². The fourth-order valence-electron chi connectivity index (χ4n) is 1.54. The first-order valence-corrected chi connectivity index (χ1v) is 5.32. The SMILES string of the molecule is O=C(O)c1cccc2c1=C=C[C]([N+](=O)[O-])C=2Br. The zero-order valence-corrected chi connectivity index (χ0v) is 9.89. The van der Waals surface area contributed by atoms with Gasteiger partial charge in [-0.2, -0.15) is 0 Å². The van der Waals surface area contributed by atoms with Crippen molar-refractivity contribution in [2.45, 2.75) is 0 Å². The van der Waals surface area contributed by atoms with Crippen molar-refractivity contribution in [2.24, 2.45) is 0 Å². The van der Waals surface area contributed by atoms with Crippen LogP contribution in [0.25, 0.3) is 10.2 Å². The van der Waals surface area contributed by atoms with E-state index in [1.165, 1.54) is 18.2 Å². The molecule has 0 saturated carbocycles. The summed E-state index contributed by atoms with van der Waals surface area (Å²) in [5.41, 5.74) is 2.71. The van der Waals surface area contributed by atoms with Crippen LogP contribution in [0.2, 0.25) is 0 Å². The molecule has 5 nitrogen and oxygen atoms in total. The van der Waals surface area contributed by atoms with Gasteiger partial charge in [0.25, 0.3) is 0 Å². The quantitative estimate of drug-likeness (QED) is 0.641. The van der Waals surface area contributed by atoms with Crippen molar-refractivity contribution >= 4 is 32.1 Å². The van der Waals surface area contributed by atoms with Gasteiger partial charge in [-0.15, -0.1) is 5.73 Å². The number of halogens is 1. The average molecular weight is 295 g/mol. The summed E-state index contributed by atoms with van der Waals surface area (Å²) in [4.78, 5) is 21.2. The maximum absolute atomic E-state index is 11.0. The molecule has 0 amide bonds. The highest BCUT2D eigenvalue weighted by atomic mass is 79.9. The summed E-state index contributed by atoms with van der Waals surface area (Å²) < 4.78 is 0.263. The normalized spacial score (nSPS) is 14.1. The minimum absolute atomic E-state index is 0.0677. The van der Waals surface area contributed by atoms with Crippen LogP contribution < -0.4 is 10.4 Å². The van der Waals surface area contributed by atoms with Gasteiger partial charge >= 0.3 is 12.0 Å². The van der Waals surface area contributed by atoms with Crippen LogP contribution in [0.1, 0.15) is 10.4 Å². The molecule has 0 spiro atoms. The number of hydrogen-bond donors (Lipinski definition) is 1. The van der Waals surface area contributed by atoms with Gasteiger partial charge in [-0.1, -0.05) is 12.1 Å². The molecule has 0 heterocycles. The molecule has 0 saturated heterocycles. The van der Waals surface area contributed by atoms with E-state index in [9.17, 15) is 14.9 Å². The molecule has 0 bridgehead atoms. The van der Waals surface area contributed by atoms with Crippen LogP contribution in [0, 0.1) is 16.2 Å². The Labute approximate surface area is 104 Å². The van der Waals surface area contributed by atoms with Gasteiger partial charge in [-0.25, -0.2) is 4.79 Å². The molecular weight excluding hydrogens is 290 g/mol. The van der Waals surface area contributed by atoms with Crippen molar-refractivity contribution in [3.63, 3.8) is 0 Å². The lowest BCUT2D eigenvalue weighted by Gasteiger charge is -2.05. The summed E-state index contributed by atoms with van der Waals surface area (Å²) in [6, 6.07) is 4.43. The molecule has 1 N–H and O–H groups in total. The second-order valence-corrected chi connectivity index (χ2v) is 4.07. The maximum atomic E-state index is 11.0. The number of rotatable bonds is 2. The highest BCUT2D eigenvalue weighted by Gasteiger charge is 2.27. The third-order valence-electron chi connectivity index (χ3n) is 2.31. The number of carboxylic acids is 1. The Morgan fingerprint density at radius 1 is 1.47 bits per heavy atom. The maximum Gasteiger partial charge on any atom is 0.357 e. The number of nitrogens with zero attached hydrogens (tertiary/aromatic N) is 1. The Bertz CT molecular complexity index is 673. The first-order valence-electron chi connectivity index (χ1n) is 4.53. The molecule has 0 atom stereocenters. The van der Waals surface area contributed by atoms with Crippen molar-refractivity contribution in [2.75, 3.05) is 0 Å². The summed E-state index contributed by atoms with van der Waals surface area (Å²) in [5, 5.41) is 20.5. The monoisotopic (exact) mass is 294 g/mol. The smallest absolute Gasteiger partial charge is 0.357 e. The lowest BCUT2D eigenvalue weighted by Crippen LogP contribution is -2.34. The van der Waals surface area contributed by atoms with Crippen LogP contribution in [-0.4, -0.2) is 16.0 Å². The van der Waals surface area contributed by atoms with Crippen LogP contribution in [0.4, 0.5) is 0 Å². The minimum atomic E-state index is -1.09. The fourth-order valence-corrected chi connectivity index (χ4v) is 2.13. The Hall–Kier alpha value is -1.91. The molecule has 1 aliphatic carbocycles. The van der Waals surface area contributed by atoms with Crippen LogP contribution in [0.5, 0.6) is 0 Å². The zero-order chi connectivity index (χ0) is 12.6. The van der Waals surface area contributed by atoms with Crippen LogP contribution in [0.3, 0.4) is 0 Å². The Balaban J connectivity index is 2.86. The first kappa shape index (κ1) is 11.6. The highest BCUT2D eigenvalue weighted by Crippen LogP contribution is 2.22. The first-order chi connectivity index (χ1) is 8.02. The number of fused-ring (bicyclic) bond motifs is 1. The van der Waals surface area contributed by atoms with Gasteiger partial charge < -0.3 is 5.11 Å². The molecule has 0 unspecified atom stereocenters. The zero-order valence-electron chi connectivity index (χ0n) is 8.31. The summed E-state index contributed by atoms with van der Waals surface area (Å²) in [6.07, 6.45) is 1.17. The third kappa shape index (κ3) is 1.88. The number of aromatic carboxylic acids is 1. The van der Waals surface area contributed by atoms with E-state index in [1.54, 1.807) is 6.07 Å². The van der Waals surface area contributed by atoms with E-state index in [-0.39, 0.29) is 16.1 Å². The Morgan fingerprint density at radius 2 is 2.18 bits per heavy atom. The number of benzene rings is 1. The van der Waals surface area contributed by atoms with Gasteiger partial charge in [0, 0.05) is 21.4 Å². The molecule has 0 aromatic heterocycles. The molecule has 6 heteroatoms. The van der Waals surface area contributed by atoms with Crippen LogP contribution in [0.15, 0.2) is 24.3 Å². The largest absolute Gasteiger partial charge is 0.478 e. The van der Waals surface area contributed by atoms with Gasteiger partial charge in [0.05, 0.1) is 10.0 Å². The van der Waals surface area contributed by atoms with Crippen molar-refractivity contribution in [3.8, 4) is 0 Å². The molecule has 1 aliphatic rings. The number of carbonyl (C=O) groups is 1. The second-order valence-electron chi connectivity index (χ2n) is 3.28. The van der Waals surface area contributed by atoms with E-state index >= 15 is 0 Å². The van der Waals surface area contributed by atoms with Gasteiger partial charge in [-0.05, 0) is 22.0 Å². The molecule has 17 heavy (non-hydrogen) atoms. The van der Waals surface area contributed by atoms with E-state index in [1.807, 2.05) is 0 Å². The molecular formula is C11H5BrNO4. The average Bonchev–Trinajstić information content (AvgIpc) is 2.28. The van der Waals surface area contributed by atoms with E-state index in [0.29, 0.717) is 10.4 Å². The van der Waals surface area contributed by atoms with Crippen molar-refractivity contribution in [1.29, 1.82) is 0 Å². The van der Waals surface area contributed by atoms with Crippen molar-refractivity contribution < 1.29 is 14.8 Å². The minimum Gasteiger partial charge on any atom is -0.478 e. The van der Waals surface area contributed by atoms with E-state index < -0.39 is 10.9 Å². The Morgan fingerprint density at radius 3 is 2.76 bits per heavy atom. The topological polar surface area (TPSA) is 80.4 Å². The number of nitro groups is 1. The van der Waals surface area contributed by atoms with Gasteiger partial charge in [0.2, 0.25) is 0 Å². The molecule has 0 aliphatic heterocycles. The number of hydrogen-bond acceptors (Lipinski definition) is 3.